The quantitative estimate of drug-likeness (QED) is 0.397. The molecule has 5 nitrogen and oxygen atoms in total. The molecule has 1 aliphatic rings. The minimum Gasteiger partial charge on any atom is -0.376 e. The van der Waals surface area contributed by atoms with E-state index in [4.69, 9.17) is 0 Å². The molecular weight excluding hydrogens is 202 g/mol. The van der Waals surface area contributed by atoms with Crippen LogP contribution in [0.3, 0.4) is 0 Å². The molecule has 0 saturated carbocycles. The maximum absolute atomic E-state index is 4.19. The molecule has 5 heteroatoms. The van der Waals surface area contributed by atoms with Gasteiger partial charge in [-0.25, -0.2) is 10.0 Å². The van der Waals surface area contributed by atoms with Crippen molar-refractivity contribution in [3.8, 4) is 0 Å². The molecule has 1 aliphatic heterocycles. The molecule has 0 aromatic heterocycles. The van der Waals surface area contributed by atoms with Crippen molar-refractivity contribution in [2.24, 2.45) is 10.1 Å². The van der Waals surface area contributed by atoms with Gasteiger partial charge in [-0.3, -0.25) is 0 Å². The fraction of sp³-hybridized carbons (Fsp3) is 0.636. The molecule has 1 saturated heterocycles. The van der Waals surface area contributed by atoms with Crippen molar-refractivity contribution in [3.63, 3.8) is 0 Å². The molecule has 1 heterocycles. The van der Waals surface area contributed by atoms with E-state index < -0.39 is 0 Å². The van der Waals surface area contributed by atoms with Gasteiger partial charge < -0.3 is 10.6 Å². The van der Waals surface area contributed by atoms with Crippen molar-refractivity contribution in [2.45, 2.75) is 25.8 Å². The number of hydrogen-bond acceptors (Lipinski definition) is 4. The van der Waals surface area contributed by atoms with Crippen molar-refractivity contribution in [3.05, 3.63) is 12.4 Å². The summed E-state index contributed by atoms with van der Waals surface area (Å²) in [5.74, 6) is 0.629. The first-order chi connectivity index (χ1) is 7.79. The molecule has 0 amide bonds. The Labute approximate surface area is 97.3 Å². The Morgan fingerprint density at radius 3 is 3.06 bits per heavy atom. The standard InChI is InChI=1S/C11H21N5/c1-4-13-9-15-10(2)16(12-3)11-6-5-7-14-8-11/h9,11,14H,2-8H2,1H3,(H,13,15). The lowest BCUT2D eigenvalue weighted by Gasteiger charge is -2.31. The van der Waals surface area contributed by atoms with Gasteiger partial charge in [-0.15, -0.1) is 0 Å². The highest BCUT2D eigenvalue weighted by Crippen LogP contribution is 2.15. The van der Waals surface area contributed by atoms with E-state index in [1.807, 2.05) is 6.92 Å². The van der Waals surface area contributed by atoms with E-state index in [0.29, 0.717) is 11.9 Å². The maximum Gasteiger partial charge on any atom is 0.143 e. The van der Waals surface area contributed by atoms with Crippen LogP contribution in [0.4, 0.5) is 0 Å². The Kier molecular flexibility index (Phi) is 5.56. The number of hydrazone groups is 1. The molecule has 0 aliphatic carbocycles. The van der Waals surface area contributed by atoms with Crippen LogP contribution in [0.5, 0.6) is 0 Å². The molecule has 2 N–H and O–H groups in total. The SMILES string of the molecule is C=NN(C(=C)/N=C\NCC)C1CCCNC1. The summed E-state index contributed by atoms with van der Waals surface area (Å²) in [7, 11) is 0. The molecule has 1 rings (SSSR count). The smallest absolute Gasteiger partial charge is 0.143 e. The molecular formula is C11H21N5. The summed E-state index contributed by atoms with van der Waals surface area (Å²) >= 11 is 0. The molecule has 0 radical (unpaired) electrons. The summed E-state index contributed by atoms with van der Waals surface area (Å²) in [4.78, 5) is 4.19. The molecule has 1 atom stereocenters. The Bertz CT molecular complexity index is 255. The van der Waals surface area contributed by atoms with Crippen LogP contribution in [-0.2, 0) is 0 Å². The van der Waals surface area contributed by atoms with Gasteiger partial charge in [-0.2, -0.15) is 5.10 Å². The minimum absolute atomic E-state index is 0.317. The van der Waals surface area contributed by atoms with Crippen LogP contribution in [0.25, 0.3) is 0 Å². The van der Waals surface area contributed by atoms with Gasteiger partial charge in [0.2, 0.25) is 0 Å². The third-order valence-corrected chi connectivity index (χ3v) is 2.54. The van der Waals surface area contributed by atoms with Gasteiger partial charge in [0, 0.05) is 19.8 Å². The number of rotatable bonds is 6. The molecule has 0 aromatic rings. The van der Waals surface area contributed by atoms with E-state index in [1.54, 1.807) is 11.3 Å². The van der Waals surface area contributed by atoms with Crippen LogP contribution in [0.15, 0.2) is 22.5 Å². The number of nitrogens with zero attached hydrogens (tertiary/aromatic N) is 3. The van der Waals surface area contributed by atoms with Crippen LogP contribution >= 0.6 is 0 Å². The van der Waals surface area contributed by atoms with Crippen molar-refractivity contribution >= 4 is 13.1 Å². The van der Waals surface area contributed by atoms with Gasteiger partial charge >= 0.3 is 0 Å². The third kappa shape index (κ3) is 3.66. The summed E-state index contributed by atoms with van der Waals surface area (Å²) in [6, 6.07) is 0.317. The van der Waals surface area contributed by atoms with Crippen LogP contribution in [0.2, 0.25) is 0 Å². The lowest BCUT2D eigenvalue weighted by atomic mass is 10.1. The van der Waals surface area contributed by atoms with Gasteiger partial charge in [0.15, 0.2) is 0 Å². The summed E-state index contributed by atoms with van der Waals surface area (Å²) in [5.41, 5.74) is 0. The Morgan fingerprint density at radius 1 is 1.69 bits per heavy atom. The zero-order valence-corrected chi connectivity index (χ0v) is 9.95. The van der Waals surface area contributed by atoms with Crippen molar-refractivity contribution in [1.82, 2.24) is 15.6 Å². The van der Waals surface area contributed by atoms with Gasteiger partial charge in [0.1, 0.15) is 5.82 Å². The molecule has 1 fully saturated rings. The van der Waals surface area contributed by atoms with Gasteiger partial charge in [-0.1, -0.05) is 6.58 Å². The van der Waals surface area contributed by atoms with Crippen molar-refractivity contribution in [2.75, 3.05) is 19.6 Å². The number of piperidine rings is 1. The largest absolute Gasteiger partial charge is 0.376 e. The normalized spacial score (nSPS) is 20.7. The highest BCUT2D eigenvalue weighted by Gasteiger charge is 2.20. The van der Waals surface area contributed by atoms with E-state index >= 15 is 0 Å². The second kappa shape index (κ2) is 7.00. The molecule has 0 spiro atoms. The Balaban J connectivity index is 2.51. The van der Waals surface area contributed by atoms with Crippen LogP contribution < -0.4 is 10.6 Å². The lowest BCUT2D eigenvalue weighted by Crippen LogP contribution is -2.42. The maximum atomic E-state index is 4.19. The fourth-order valence-corrected chi connectivity index (χ4v) is 1.72. The first-order valence-electron chi connectivity index (χ1n) is 5.71. The number of aliphatic imine (C=N–C) groups is 1. The van der Waals surface area contributed by atoms with Crippen LogP contribution in [0.1, 0.15) is 19.8 Å². The predicted octanol–water partition coefficient (Wildman–Crippen LogP) is 0.765. The van der Waals surface area contributed by atoms with Gasteiger partial charge in [0.25, 0.3) is 0 Å². The topological polar surface area (TPSA) is 52.0 Å². The average Bonchev–Trinajstić information content (AvgIpc) is 2.32. The monoisotopic (exact) mass is 223 g/mol. The van der Waals surface area contributed by atoms with E-state index in [2.05, 4.69) is 34.0 Å². The van der Waals surface area contributed by atoms with Crippen molar-refractivity contribution in [1.29, 1.82) is 0 Å². The summed E-state index contributed by atoms with van der Waals surface area (Å²) in [6.07, 6.45) is 3.90. The van der Waals surface area contributed by atoms with Gasteiger partial charge in [0.05, 0.1) is 12.4 Å². The highest BCUT2D eigenvalue weighted by atomic mass is 15.5. The summed E-state index contributed by atoms with van der Waals surface area (Å²) in [6.45, 7) is 12.3. The average molecular weight is 223 g/mol. The molecule has 0 aromatic carbocycles. The van der Waals surface area contributed by atoms with E-state index in [-0.39, 0.29) is 0 Å². The molecule has 16 heavy (non-hydrogen) atoms. The van der Waals surface area contributed by atoms with E-state index in [0.717, 1.165) is 32.5 Å². The number of hydrogen-bond donors (Lipinski definition) is 2. The zero-order chi connectivity index (χ0) is 11.8. The van der Waals surface area contributed by atoms with E-state index in [9.17, 15) is 0 Å². The minimum atomic E-state index is 0.317. The summed E-state index contributed by atoms with van der Waals surface area (Å²) in [5, 5.41) is 12.1. The molecule has 0 bridgehead atoms. The van der Waals surface area contributed by atoms with E-state index in [1.165, 1.54) is 0 Å². The molecule has 90 valence electrons. The van der Waals surface area contributed by atoms with Crippen LogP contribution in [-0.4, -0.2) is 43.7 Å². The summed E-state index contributed by atoms with van der Waals surface area (Å²) < 4.78 is 0. The first-order valence-corrected chi connectivity index (χ1v) is 5.71. The second-order valence-electron chi connectivity index (χ2n) is 3.72. The third-order valence-electron chi connectivity index (χ3n) is 2.54. The fourth-order valence-electron chi connectivity index (χ4n) is 1.72. The van der Waals surface area contributed by atoms with Crippen LogP contribution in [0, 0.1) is 0 Å². The second-order valence-corrected chi connectivity index (χ2v) is 3.72. The highest BCUT2D eigenvalue weighted by molar-refractivity contribution is 5.55. The Hall–Kier alpha value is -1.36. The first kappa shape index (κ1) is 12.7. The van der Waals surface area contributed by atoms with Gasteiger partial charge in [-0.05, 0) is 26.3 Å². The van der Waals surface area contributed by atoms with Crippen molar-refractivity contribution < 1.29 is 0 Å². The lowest BCUT2D eigenvalue weighted by molar-refractivity contribution is 0.220. The molecule has 1 unspecified atom stereocenters. The predicted molar refractivity (Wildman–Crippen MR) is 68.6 cm³/mol. The Morgan fingerprint density at radius 2 is 2.50 bits per heavy atom. The number of nitrogens with one attached hydrogen (secondary N) is 2. The zero-order valence-electron chi connectivity index (χ0n) is 9.95.